The fraction of sp³-hybridized carbons (Fsp3) is 0.0222. The lowest BCUT2D eigenvalue weighted by Crippen LogP contribution is -2.29. The van der Waals surface area contributed by atoms with E-state index >= 15 is 0 Å². The predicted octanol–water partition coefficient (Wildman–Crippen LogP) is 11.8. The second-order valence-corrected chi connectivity index (χ2v) is 12.4. The molecule has 0 radical (unpaired) electrons. The smallest absolute Gasteiger partial charge is 0.143 e. The fourth-order valence-corrected chi connectivity index (χ4v) is 8.25. The van der Waals surface area contributed by atoms with Gasteiger partial charge >= 0.3 is 0 Å². The molecule has 214 valence electrons. The van der Waals surface area contributed by atoms with Gasteiger partial charge in [-0.15, -0.1) is 0 Å². The van der Waals surface area contributed by atoms with Crippen molar-refractivity contribution in [3.63, 3.8) is 0 Å². The molecule has 1 atom stereocenters. The molecule has 0 amide bonds. The highest BCUT2D eigenvalue weighted by Gasteiger charge is 2.47. The van der Waals surface area contributed by atoms with Crippen molar-refractivity contribution in [2.24, 2.45) is 0 Å². The minimum Gasteiger partial charge on any atom is -0.455 e. The number of ether oxygens (including phenoxy) is 1. The van der Waals surface area contributed by atoms with E-state index in [0.29, 0.717) is 0 Å². The molecule has 46 heavy (non-hydrogen) atoms. The van der Waals surface area contributed by atoms with Crippen molar-refractivity contribution in [2.75, 3.05) is 0 Å². The van der Waals surface area contributed by atoms with Crippen molar-refractivity contribution < 1.29 is 4.74 Å². The zero-order chi connectivity index (χ0) is 30.2. The molecule has 0 bridgehead atoms. The summed E-state index contributed by atoms with van der Waals surface area (Å²) in [6.07, 6.45) is 0. The average Bonchev–Trinajstić information content (AvgIpc) is 3.41. The Balaban J connectivity index is 1.32. The minimum atomic E-state index is -0.539. The van der Waals surface area contributed by atoms with Gasteiger partial charge in [-0.1, -0.05) is 152 Å². The molecule has 1 heterocycles. The standard InChI is InChI=1S/C45H28O/c1-2-17-32(18-3-1)45(40-25-9-7-20-34(40)38-27-30-13-4-5-14-31(30)28-41(38)45)39-24-8-6-19-33(39)36-22-12-23-37-35-21-10-15-29-16-11-26-42(43(29)35)46-44(36)37/h1-28H. The number of rotatable bonds is 3. The summed E-state index contributed by atoms with van der Waals surface area (Å²) in [6, 6.07) is 62.1. The lowest BCUT2D eigenvalue weighted by Gasteiger charge is -2.36. The summed E-state index contributed by atoms with van der Waals surface area (Å²) < 4.78 is 6.89. The molecule has 1 nitrogen and oxygen atoms in total. The summed E-state index contributed by atoms with van der Waals surface area (Å²) in [5.41, 5.74) is 11.8. The van der Waals surface area contributed by atoms with Gasteiger partial charge in [-0.25, -0.2) is 0 Å². The first-order chi connectivity index (χ1) is 22.8. The van der Waals surface area contributed by atoms with Gasteiger partial charge in [-0.3, -0.25) is 0 Å². The van der Waals surface area contributed by atoms with Gasteiger partial charge in [0.2, 0.25) is 0 Å². The zero-order valence-corrected chi connectivity index (χ0v) is 25.1. The Morgan fingerprint density at radius 3 is 1.63 bits per heavy atom. The molecule has 1 aliphatic heterocycles. The van der Waals surface area contributed by atoms with Crippen LogP contribution >= 0.6 is 0 Å². The van der Waals surface area contributed by atoms with Crippen molar-refractivity contribution in [1.82, 2.24) is 0 Å². The maximum Gasteiger partial charge on any atom is 0.143 e. The zero-order valence-electron chi connectivity index (χ0n) is 25.1. The topological polar surface area (TPSA) is 9.23 Å². The van der Waals surface area contributed by atoms with Gasteiger partial charge in [0, 0.05) is 16.5 Å². The first-order valence-corrected chi connectivity index (χ1v) is 15.9. The van der Waals surface area contributed by atoms with E-state index in [0.717, 1.165) is 22.6 Å². The normalized spacial score (nSPS) is 15.7. The lowest BCUT2D eigenvalue weighted by molar-refractivity contribution is 0.488. The molecular weight excluding hydrogens is 556 g/mol. The number of fused-ring (bicyclic) bond motifs is 6. The molecule has 1 heteroatoms. The monoisotopic (exact) mass is 584 g/mol. The Hall–Kier alpha value is -5.92. The molecule has 0 fully saturated rings. The van der Waals surface area contributed by atoms with Gasteiger partial charge < -0.3 is 4.74 Å². The van der Waals surface area contributed by atoms with Gasteiger partial charge in [0.05, 0.1) is 5.41 Å². The molecule has 0 saturated heterocycles. The van der Waals surface area contributed by atoms with Crippen molar-refractivity contribution >= 4 is 21.5 Å². The SMILES string of the molecule is c1ccc(C2(c3ccccc3-c3cccc4c3Oc3cccc5cccc-4c35)c3ccccc3-c3cc4ccccc4cc32)cc1. The van der Waals surface area contributed by atoms with Gasteiger partial charge in [-0.05, 0) is 78.9 Å². The van der Waals surface area contributed by atoms with Crippen LogP contribution in [0.25, 0.3) is 54.9 Å². The second-order valence-electron chi connectivity index (χ2n) is 12.4. The summed E-state index contributed by atoms with van der Waals surface area (Å²) in [5.74, 6) is 1.82. The molecule has 8 aromatic rings. The molecule has 2 aliphatic rings. The molecule has 1 unspecified atom stereocenters. The summed E-state index contributed by atoms with van der Waals surface area (Å²) in [4.78, 5) is 0. The first kappa shape index (κ1) is 25.4. The maximum atomic E-state index is 6.89. The van der Waals surface area contributed by atoms with Crippen LogP contribution in [-0.2, 0) is 5.41 Å². The highest BCUT2D eigenvalue weighted by Crippen LogP contribution is 2.59. The summed E-state index contributed by atoms with van der Waals surface area (Å²) in [7, 11) is 0. The van der Waals surface area contributed by atoms with Crippen LogP contribution in [0.4, 0.5) is 0 Å². The summed E-state index contributed by atoms with van der Waals surface area (Å²) in [5, 5.41) is 4.87. The fourth-order valence-electron chi connectivity index (χ4n) is 8.25. The van der Waals surface area contributed by atoms with Crippen LogP contribution in [0.5, 0.6) is 11.5 Å². The molecule has 10 rings (SSSR count). The molecule has 0 spiro atoms. The van der Waals surface area contributed by atoms with Crippen LogP contribution in [0.1, 0.15) is 22.3 Å². The Kier molecular flexibility index (Phi) is 5.27. The molecule has 8 aromatic carbocycles. The van der Waals surface area contributed by atoms with Crippen LogP contribution in [-0.4, -0.2) is 0 Å². The van der Waals surface area contributed by atoms with Gasteiger partial charge in [0.25, 0.3) is 0 Å². The highest BCUT2D eigenvalue weighted by molar-refractivity contribution is 6.06. The molecule has 1 aliphatic carbocycles. The van der Waals surface area contributed by atoms with E-state index in [1.807, 2.05) is 0 Å². The Morgan fingerprint density at radius 2 is 0.870 bits per heavy atom. The predicted molar refractivity (Wildman–Crippen MR) is 190 cm³/mol. The Bertz CT molecular complexity index is 2500. The van der Waals surface area contributed by atoms with E-state index in [1.54, 1.807) is 0 Å². The van der Waals surface area contributed by atoms with Crippen molar-refractivity contribution in [1.29, 1.82) is 0 Å². The average molecular weight is 585 g/mol. The maximum absolute atomic E-state index is 6.89. The molecule has 0 saturated carbocycles. The Morgan fingerprint density at radius 1 is 0.348 bits per heavy atom. The molecule has 0 N–H and O–H groups in total. The van der Waals surface area contributed by atoms with Gasteiger partial charge in [-0.2, -0.15) is 0 Å². The van der Waals surface area contributed by atoms with Gasteiger partial charge in [0.1, 0.15) is 11.5 Å². The molecule has 0 aromatic heterocycles. The third-order valence-electron chi connectivity index (χ3n) is 10.1. The van der Waals surface area contributed by atoms with Crippen LogP contribution in [0, 0.1) is 0 Å². The highest BCUT2D eigenvalue weighted by atomic mass is 16.5. The van der Waals surface area contributed by atoms with Gasteiger partial charge in [0.15, 0.2) is 0 Å². The van der Waals surface area contributed by atoms with Crippen LogP contribution < -0.4 is 4.74 Å². The van der Waals surface area contributed by atoms with E-state index in [1.165, 1.54) is 66.1 Å². The molecular formula is C45H28O. The minimum absolute atomic E-state index is 0.539. The first-order valence-electron chi connectivity index (χ1n) is 15.9. The van der Waals surface area contributed by atoms with Crippen LogP contribution in [0.3, 0.4) is 0 Å². The van der Waals surface area contributed by atoms with Crippen molar-refractivity contribution in [3.8, 4) is 44.9 Å². The number of hydrogen-bond acceptors (Lipinski definition) is 1. The van der Waals surface area contributed by atoms with E-state index < -0.39 is 5.41 Å². The summed E-state index contributed by atoms with van der Waals surface area (Å²) in [6.45, 7) is 0. The van der Waals surface area contributed by atoms with Crippen LogP contribution in [0.15, 0.2) is 170 Å². The quantitative estimate of drug-likeness (QED) is 0.201. The summed E-state index contributed by atoms with van der Waals surface area (Å²) >= 11 is 0. The number of benzene rings is 8. The third-order valence-corrected chi connectivity index (χ3v) is 10.1. The van der Waals surface area contributed by atoms with E-state index in [2.05, 4.69) is 170 Å². The number of para-hydroxylation sites is 1. The van der Waals surface area contributed by atoms with Crippen molar-refractivity contribution in [2.45, 2.75) is 5.41 Å². The van der Waals surface area contributed by atoms with E-state index in [9.17, 15) is 0 Å². The van der Waals surface area contributed by atoms with E-state index in [4.69, 9.17) is 4.74 Å². The van der Waals surface area contributed by atoms with E-state index in [-0.39, 0.29) is 0 Å². The largest absolute Gasteiger partial charge is 0.455 e. The third kappa shape index (κ3) is 3.35. The van der Waals surface area contributed by atoms with Crippen molar-refractivity contribution in [3.05, 3.63) is 192 Å². The number of hydrogen-bond donors (Lipinski definition) is 0. The lowest BCUT2D eigenvalue weighted by atomic mass is 9.65. The second kappa shape index (κ2) is 9.54. The Labute approximate surface area is 268 Å². The van der Waals surface area contributed by atoms with Crippen LogP contribution in [0.2, 0.25) is 0 Å².